The minimum absolute atomic E-state index is 0.365. The Labute approximate surface area is 135 Å². The van der Waals surface area contributed by atoms with Crippen molar-refractivity contribution in [1.82, 2.24) is 15.3 Å². The van der Waals surface area contributed by atoms with Crippen molar-refractivity contribution in [2.75, 3.05) is 6.54 Å². The quantitative estimate of drug-likeness (QED) is 0.806. The largest absolute Gasteiger partial charge is 0.371 e. The molecule has 2 atom stereocenters. The van der Waals surface area contributed by atoms with E-state index in [2.05, 4.69) is 63.6 Å². The third-order valence-corrected chi connectivity index (χ3v) is 4.59. The molecule has 0 radical (unpaired) electrons. The van der Waals surface area contributed by atoms with E-state index in [1.807, 2.05) is 18.7 Å². The second-order valence-corrected chi connectivity index (χ2v) is 5.97. The van der Waals surface area contributed by atoms with Crippen LogP contribution in [0.4, 0.5) is 0 Å². The lowest BCUT2D eigenvalue weighted by molar-refractivity contribution is 0.560. The zero-order valence-corrected chi connectivity index (χ0v) is 13.0. The highest BCUT2D eigenvalue weighted by Crippen LogP contribution is 2.31. The van der Waals surface area contributed by atoms with Crippen LogP contribution >= 0.6 is 0 Å². The van der Waals surface area contributed by atoms with Crippen LogP contribution in [0, 0.1) is 0 Å². The molecule has 1 aliphatic heterocycles. The van der Waals surface area contributed by atoms with Gasteiger partial charge < -0.3 is 5.32 Å². The predicted octanol–water partition coefficient (Wildman–Crippen LogP) is 3.40. The normalized spacial score (nSPS) is 18.0. The average molecular weight is 302 g/mol. The van der Waals surface area contributed by atoms with Crippen molar-refractivity contribution in [2.24, 2.45) is 4.99 Å². The summed E-state index contributed by atoms with van der Waals surface area (Å²) in [7, 11) is 0. The molecule has 0 fully saturated rings. The SMILES string of the molecule is CC(c1cccc2ccc(-c3cncnc3)cc12)C1CN=CN1. The monoisotopic (exact) mass is 302 g/mol. The van der Waals surface area contributed by atoms with E-state index in [1.165, 1.54) is 16.3 Å². The maximum atomic E-state index is 4.30. The van der Waals surface area contributed by atoms with Gasteiger partial charge in [0, 0.05) is 23.9 Å². The zero-order valence-electron chi connectivity index (χ0n) is 13.0. The van der Waals surface area contributed by atoms with E-state index in [4.69, 9.17) is 0 Å². The fourth-order valence-corrected chi connectivity index (χ4v) is 3.21. The van der Waals surface area contributed by atoms with E-state index in [1.54, 1.807) is 6.33 Å². The number of hydrogen-bond acceptors (Lipinski definition) is 4. The smallest absolute Gasteiger partial charge is 0.115 e. The molecule has 1 aromatic heterocycles. The van der Waals surface area contributed by atoms with Gasteiger partial charge in [-0.05, 0) is 28.0 Å². The van der Waals surface area contributed by atoms with Crippen LogP contribution in [0.3, 0.4) is 0 Å². The number of fused-ring (bicyclic) bond motifs is 1. The highest BCUT2D eigenvalue weighted by molar-refractivity contribution is 5.90. The Morgan fingerprint density at radius 3 is 2.74 bits per heavy atom. The molecule has 114 valence electrons. The molecule has 2 aromatic carbocycles. The Kier molecular flexibility index (Phi) is 3.50. The summed E-state index contributed by atoms with van der Waals surface area (Å²) in [6, 6.07) is 13.4. The van der Waals surface area contributed by atoms with Gasteiger partial charge in [-0.25, -0.2) is 9.97 Å². The van der Waals surface area contributed by atoms with E-state index < -0.39 is 0 Å². The molecule has 23 heavy (non-hydrogen) atoms. The maximum absolute atomic E-state index is 4.30. The molecule has 4 heteroatoms. The molecular formula is C19H18N4. The molecule has 3 aromatic rings. The average Bonchev–Trinajstić information content (AvgIpc) is 3.15. The fraction of sp³-hybridized carbons (Fsp3) is 0.211. The van der Waals surface area contributed by atoms with Crippen LogP contribution in [-0.4, -0.2) is 28.9 Å². The number of benzene rings is 2. The second-order valence-electron chi connectivity index (χ2n) is 5.97. The molecule has 0 aliphatic carbocycles. The van der Waals surface area contributed by atoms with E-state index in [0.717, 1.165) is 17.7 Å². The third kappa shape index (κ3) is 2.57. The Morgan fingerprint density at radius 1 is 1.09 bits per heavy atom. The van der Waals surface area contributed by atoms with Gasteiger partial charge in [-0.1, -0.05) is 37.3 Å². The highest BCUT2D eigenvalue weighted by Gasteiger charge is 2.21. The molecular weight excluding hydrogens is 284 g/mol. The van der Waals surface area contributed by atoms with Crippen molar-refractivity contribution in [3.8, 4) is 11.1 Å². The van der Waals surface area contributed by atoms with Gasteiger partial charge in [-0.2, -0.15) is 0 Å². The van der Waals surface area contributed by atoms with E-state index in [0.29, 0.717) is 12.0 Å². The van der Waals surface area contributed by atoms with E-state index in [9.17, 15) is 0 Å². The summed E-state index contributed by atoms with van der Waals surface area (Å²) in [4.78, 5) is 12.6. The first-order valence-corrected chi connectivity index (χ1v) is 7.85. The molecule has 2 heterocycles. The van der Waals surface area contributed by atoms with Crippen molar-refractivity contribution in [3.63, 3.8) is 0 Å². The summed E-state index contributed by atoms with van der Waals surface area (Å²) in [6.07, 6.45) is 7.09. The van der Waals surface area contributed by atoms with E-state index >= 15 is 0 Å². The van der Waals surface area contributed by atoms with Crippen LogP contribution in [-0.2, 0) is 0 Å². The molecule has 2 unspecified atom stereocenters. The second kappa shape index (κ2) is 5.80. The van der Waals surface area contributed by atoms with Gasteiger partial charge in [-0.3, -0.25) is 4.99 Å². The number of aromatic nitrogens is 2. The lowest BCUT2D eigenvalue weighted by atomic mass is 9.88. The van der Waals surface area contributed by atoms with Crippen molar-refractivity contribution >= 4 is 17.1 Å². The summed E-state index contributed by atoms with van der Waals surface area (Å²) < 4.78 is 0. The van der Waals surface area contributed by atoms with Gasteiger partial charge in [0.05, 0.1) is 18.9 Å². The van der Waals surface area contributed by atoms with Crippen LogP contribution in [0.5, 0.6) is 0 Å². The summed E-state index contributed by atoms with van der Waals surface area (Å²) in [5, 5.41) is 5.90. The lowest BCUT2D eigenvalue weighted by Crippen LogP contribution is -2.30. The molecule has 0 bridgehead atoms. The van der Waals surface area contributed by atoms with Crippen molar-refractivity contribution in [1.29, 1.82) is 0 Å². The van der Waals surface area contributed by atoms with Crippen LogP contribution in [0.2, 0.25) is 0 Å². The molecule has 4 rings (SSSR count). The number of nitrogens with one attached hydrogen (secondary N) is 1. The number of hydrogen-bond donors (Lipinski definition) is 1. The van der Waals surface area contributed by atoms with E-state index in [-0.39, 0.29) is 0 Å². The van der Waals surface area contributed by atoms with Gasteiger partial charge in [0.2, 0.25) is 0 Å². The predicted molar refractivity (Wildman–Crippen MR) is 93.7 cm³/mol. The lowest BCUT2D eigenvalue weighted by Gasteiger charge is -2.21. The highest BCUT2D eigenvalue weighted by atomic mass is 15.1. The van der Waals surface area contributed by atoms with Crippen LogP contribution < -0.4 is 5.32 Å². The number of rotatable bonds is 3. The first kappa shape index (κ1) is 13.9. The molecule has 4 nitrogen and oxygen atoms in total. The molecule has 0 amide bonds. The zero-order chi connectivity index (χ0) is 15.6. The first-order chi connectivity index (χ1) is 11.3. The van der Waals surface area contributed by atoms with Gasteiger partial charge >= 0.3 is 0 Å². The summed E-state index contributed by atoms with van der Waals surface area (Å²) >= 11 is 0. The van der Waals surface area contributed by atoms with Crippen LogP contribution in [0.1, 0.15) is 18.4 Å². The molecule has 0 saturated heterocycles. The molecule has 0 saturated carbocycles. The molecule has 1 N–H and O–H groups in total. The van der Waals surface area contributed by atoms with Gasteiger partial charge in [0.25, 0.3) is 0 Å². The Balaban J connectivity index is 1.81. The Bertz CT molecular complexity index is 850. The first-order valence-electron chi connectivity index (χ1n) is 7.85. The molecule has 0 spiro atoms. The molecule has 1 aliphatic rings. The Morgan fingerprint density at radius 2 is 1.96 bits per heavy atom. The minimum atomic E-state index is 0.365. The van der Waals surface area contributed by atoms with Gasteiger partial charge in [0.1, 0.15) is 6.33 Å². The summed E-state index contributed by atoms with van der Waals surface area (Å²) in [5.41, 5.74) is 3.54. The number of nitrogens with zero attached hydrogens (tertiary/aromatic N) is 3. The standard InChI is InChI=1S/C19H18N4/c1-13(19-10-22-12-23-19)17-4-2-3-14-5-6-15(7-18(14)17)16-8-20-11-21-9-16/h2-9,11-13,19H,10H2,1H3,(H,22,23). The van der Waals surface area contributed by atoms with Crippen molar-refractivity contribution < 1.29 is 0 Å². The summed E-state index contributed by atoms with van der Waals surface area (Å²) in [6.45, 7) is 3.10. The van der Waals surface area contributed by atoms with Gasteiger partial charge in [-0.15, -0.1) is 0 Å². The van der Waals surface area contributed by atoms with Gasteiger partial charge in [0.15, 0.2) is 0 Å². The summed E-state index contributed by atoms with van der Waals surface area (Å²) in [5.74, 6) is 0.392. The third-order valence-electron chi connectivity index (χ3n) is 4.59. The fourth-order valence-electron chi connectivity index (χ4n) is 3.21. The Hall–Kier alpha value is -2.75. The maximum Gasteiger partial charge on any atom is 0.115 e. The van der Waals surface area contributed by atoms with Crippen LogP contribution in [0.15, 0.2) is 60.1 Å². The topological polar surface area (TPSA) is 50.2 Å². The van der Waals surface area contributed by atoms with Crippen molar-refractivity contribution in [2.45, 2.75) is 18.9 Å². The van der Waals surface area contributed by atoms with Crippen LogP contribution in [0.25, 0.3) is 21.9 Å². The van der Waals surface area contributed by atoms with Crippen molar-refractivity contribution in [3.05, 3.63) is 60.7 Å². The minimum Gasteiger partial charge on any atom is -0.371 e. The number of aliphatic imine (C=N–C) groups is 1.